The van der Waals surface area contributed by atoms with E-state index in [1.54, 1.807) is 29.8 Å². The number of amides is 1. The van der Waals surface area contributed by atoms with Crippen molar-refractivity contribution in [3.8, 4) is 17.3 Å². The fourth-order valence-electron chi connectivity index (χ4n) is 2.88. The van der Waals surface area contributed by atoms with Gasteiger partial charge in [-0.05, 0) is 44.4 Å². The van der Waals surface area contributed by atoms with Crippen molar-refractivity contribution in [2.75, 3.05) is 27.2 Å². The molecule has 0 atom stereocenters. The molecule has 33 heavy (non-hydrogen) atoms. The van der Waals surface area contributed by atoms with E-state index in [9.17, 15) is 4.79 Å². The van der Waals surface area contributed by atoms with Crippen LogP contribution in [0.1, 0.15) is 15.5 Å². The van der Waals surface area contributed by atoms with E-state index in [2.05, 4.69) is 20.5 Å². The third kappa shape index (κ3) is 5.77. The minimum Gasteiger partial charge on any atom is -0.461 e. The maximum Gasteiger partial charge on any atom is 0.270 e. The fourth-order valence-corrected chi connectivity index (χ4v) is 4.91. The molecule has 3 aromatic heterocycles. The molecular formula is C21H20Cl2N6O2S2. The molecule has 4 rings (SSSR count). The first-order valence-corrected chi connectivity index (χ1v) is 12.5. The zero-order valence-corrected chi connectivity index (χ0v) is 20.9. The van der Waals surface area contributed by atoms with Crippen LogP contribution < -0.4 is 5.32 Å². The normalized spacial score (nSPS) is 11.3. The molecule has 1 N–H and O–H groups in total. The molecule has 12 heteroatoms. The molecule has 0 aliphatic carbocycles. The van der Waals surface area contributed by atoms with Crippen LogP contribution in [0.3, 0.4) is 0 Å². The second-order valence-corrected chi connectivity index (χ2v) is 9.89. The smallest absolute Gasteiger partial charge is 0.270 e. The maximum absolute atomic E-state index is 12.3. The van der Waals surface area contributed by atoms with Crippen LogP contribution in [0.2, 0.25) is 10.0 Å². The van der Waals surface area contributed by atoms with Gasteiger partial charge in [-0.3, -0.25) is 9.36 Å². The Kier molecular flexibility index (Phi) is 7.71. The summed E-state index contributed by atoms with van der Waals surface area (Å²) in [6.07, 6.45) is 1.58. The zero-order chi connectivity index (χ0) is 23.4. The third-order valence-corrected chi connectivity index (χ3v) is 7.20. The number of aromatic nitrogens is 4. The molecule has 0 fully saturated rings. The maximum atomic E-state index is 12.3. The highest BCUT2D eigenvalue weighted by molar-refractivity contribution is 7.98. The van der Waals surface area contributed by atoms with Gasteiger partial charge in [0, 0.05) is 18.5 Å². The van der Waals surface area contributed by atoms with Crippen molar-refractivity contribution in [3.05, 3.63) is 62.7 Å². The van der Waals surface area contributed by atoms with Gasteiger partial charge in [-0.15, -0.1) is 21.5 Å². The number of furan rings is 1. The summed E-state index contributed by atoms with van der Waals surface area (Å²) >= 11 is 15.2. The number of rotatable bonds is 9. The van der Waals surface area contributed by atoms with E-state index in [0.29, 0.717) is 44.8 Å². The number of hydrogen-bond acceptors (Lipinski definition) is 8. The van der Waals surface area contributed by atoms with Crippen molar-refractivity contribution in [2.45, 2.75) is 10.9 Å². The number of likely N-dealkylation sites (N-methyl/N-ethyl adjacent to an activating group) is 1. The van der Waals surface area contributed by atoms with E-state index in [4.69, 9.17) is 27.6 Å². The SMILES string of the molecule is CN(C)CCNC(=O)c1csc(CSc2nnc(-c3ccco3)n2-c2ccc(Cl)c(Cl)c2)n1. The zero-order valence-electron chi connectivity index (χ0n) is 17.8. The third-order valence-electron chi connectivity index (χ3n) is 4.49. The van der Waals surface area contributed by atoms with Crippen LogP contribution >= 0.6 is 46.3 Å². The van der Waals surface area contributed by atoms with Crippen LogP contribution in [0.25, 0.3) is 17.3 Å². The highest BCUT2D eigenvalue weighted by Gasteiger charge is 2.20. The van der Waals surface area contributed by atoms with Gasteiger partial charge in [-0.2, -0.15) is 0 Å². The first kappa shape index (κ1) is 23.8. The van der Waals surface area contributed by atoms with Gasteiger partial charge in [0.15, 0.2) is 10.9 Å². The summed E-state index contributed by atoms with van der Waals surface area (Å²) in [5.74, 6) is 1.46. The number of halogens is 2. The number of thioether (sulfide) groups is 1. The molecule has 0 aliphatic heterocycles. The number of nitrogens with one attached hydrogen (secondary N) is 1. The molecule has 0 bridgehead atoms. The van der Waals surface area contributed by atoms with Crippen molar-refractivity contribution in [3.63, 3.8) is 0 Å². The quantitative estimate of drug-likeness (QED) is 0.313. The largest absolute Gasteiger partial charge is 0.461 e. The van der Waals surface area contributed by atoms with Crippen LogP contribution in [0.4, 0.5) is 0 Å². The molecule has 0 saturated heterocycles. The summed E-state index contributed by atoms with van der Waals surface area (Å²) in [6.45, 7) is 1.33. The summed E-state index contributed by atoms with van der Waals surface area (Å²) in [5.41, 5.74) is 1.17. The van der Waals surface area contributed by atoms with Gasteiger partial charge < -0.3 is 14.6 Å². The molecule has 0 saturated carbocycles. The van der Waals surface area contributed by atoms with Gasteiger partial charge in [-0.1, -0.05) is 35.0 Å². The van der Waals surface area contributed by atoms with Gasteiger partial charge in [0.1, 0.15) is 10.7 Å². The fraction of sp³-hybridized carbons (Fsp3) is 0.238. The summed E-state index contributed by atoms with van der Waals surface area (Å²) in [5, 5.41) is 15.6. The van der Waals surface area contributed by atoms with E-state index in [-0.39, 0.29) is 5.91 Å². The van der Waals surface area contributed by atoms with Gasteiger partial charge >= 0.3 is 0 Å². The lowest BCUT2D eigenvalue weighted by atomic mass is 10.3. The Morgan fingerprint density at radius 1 is 1.24 bits per heavy atom. The van der Waals surface area contributed by atoms with E-state index in [1.165, 1.54) is 23.1 Å². The monoisotopic (exact) mass is 522 g/mol. The summed E-state index contributed by atoms with van der Waals surface area (Å²) in [6, 6.07) is 8.92. The predicted octanol–water partition coefficient (Wildman–Crippen LogP) is 4.87. The highest BCUT2D eigenvalue weighted by atomic mass is 35.5. The van der Waals surface area contributed by atoms with Crippen molar-refractivity contribution in [2.24, 2.45) is 0 Å². The lowest BCUT2D eigenvalue weighted by Gasteiger charge is -2.10. The minimum absolute atomic E-state index is 0.177. The minimum atomic E-state index is -0.177. The van der Waals surface area contributed by atoms with Crippen molar-refractivity contribution >= 4 is 52.2 Å². The van der Waals surface area contributed by atoms with E-state index >= 15 is 0 Å². The lowest BCUT2D eigenvalue weighted by Crippen LogP contribution is -2.31. The van der Waals surface area contributed by atoms with Gasteiger partial charge in [0.25, 0.3) is 5.91 Å². The van der Waals surface area contributed by atoms with Crippen LogP contribution in [-0.2, 0) is 5.75 Å². The Balaban J connectivity index is 1.53. The van der Waals surface area contributed by atoms with E-state index in [0.717, 1.165) is 17.2 Å². The number of carbonyl (C=O) groups is 1. The Labute approximate surface area is 208 Å². The number of thiazole rings is 1. The number of carbonyl (C=O) groups excluding carboxylic acids is 1. The lowest BCUT2D eigenvalue weighted by molar-refractivity contribution is 0.0946. The van der Waals surface area contributed by atoms with Crippen LogP contribution in [0, 0.1) is 0 Å². The number of benzene rings is 1. The molecule has 0 radical (unpaired) electrons. The number of hydrogen-bond donors (Lipinski definition) is 1. The molecule has 1 aromatic carbocycles. The van der Waals surface area contributed by atoms with Gasteiger partial charge in [-0.25, -0.2) is 4.98 Å². The summed E-state index contributed by atoms with van der Waals surface area (Å²) < 4.78 is 7.39. The Bertz CT molecular complexity index is 1240. The first-order chi connectivity index (χ1) is 15.9. The Hall–Kier alpha value is -2.37. The predicted molar refractivity (Wildman–Crippen MR) is 132 cm³/mol. The van der Waals surface area contributed by atoms with Crippen LogP contribution in [0.15, 0.2) is 51.5 Å². The second-order valence-electron chi connectivity index (χ2n) is 7.19. The first-order valence-electron chi connectivity index (χ1n) is 9.87. The van der Waals surface area contributed by atoms with E-state index < -0.39 is 0 Å². The number of nitrogens with zero attached hydrogens (tertiary/aromatic N) is 5. The van der Waals surface area contributed by atoms with Gasteiger partial charge in [0.05, 0.1) is 27.7 Å². The second kappa shape index (κ2) is 10.7. The topological polar surface area (TPSA) is 89.1 Å². The highest BCUT2D eigenvalue weighted by Crippen LogP contribution is 2.33. The van der Waals surface area contributed by atoms with Crippen LogP contribution in [0.5, 0.6) is 0 Å². The molecule has 172 valence electrons. The average molecular weight is 523 g/mol. The van der Waals surface area contributed by atoms with E-state index in [1.807, 2.05) is 35.7 Å². The molecule has 0 spiro atoms. The van der Waals surface area contributed by atoms with Crippen molar-refractivity contribution in [1.82, 2.24) is 30.0 Å². The molecule has 4 aromatic rings. The summed E-state index contributed by atoms with van der Waals surface area (Å²) in [4.78, 5) is 18.8. The van der Waals surface area contributed by atoms with Crippen LogP contribution in [-0.4, -0.2) is 57.7 Å². The molecule has 0 aliphatic rings. The summed E-state index contributed by atoms with van der Waals surface area (Å²) in [7, 11) is 3.91. The standard InChI is InChI=1S/C21H20Cl2N6O2S2/c1-28(2)8-7-24-20(30)16-11-32-18(25-16)12-33-21-27-26-19(17-4-3-9-31-17)29(21)13-5-6-14(22)15(23)10-13/h3-6,9-11H,7-8,12H2,1-2H3,(H,24,30). The molecule has 3 heterocycles. The average Bonchev–Trinajstić information content (AvgIpc) is 3.54. The Morgan fingerprint density at radius 3 is 2.82 bits per heavy atom. The van der Waals surface area contributed by atoms with Crippen molar-refractivity contribution < 1.29 is 9.21 Å². The molecule has 1 amide bonds. The van der Waals surface area contributed by atoms with Gasteiger partial charge in [0.2, 0.25) is 5.82 Å². The molecule has 0 unspecified atom stereocenters. The molecular weight excluding hydrogens is 503 g/mol. The van der Waals surface area contributed by atoms with Crippen molar-refractivity contribution in [1.29, 1.82) is 0 Å². The Morgan fingerprint density at radius 2 is 2.09 bits per heavy atom. The molecule has 8 nitrogen and oxygen atoms in total.